The molecule has 2 aliphatic carbocycles. The lowest BCUT2D eigenvalue weighted by molar-refractivity contribution is 0.0999. The molecule has 1 heterocycles. The molecule has 0 spiro atoms. The van der Waals surface area contributed by atoms with E-state index >= 15 is 0 Å². The first-order chi connectivity index (χ1) is 9.13. The van der Waals surface area contributed by atoms with E-state index in [9.17, 15) is 4.79 Å². The monoisotopic (exact) mass is 250 g/mol. The quantitative estimate of drug-likeness (QED) is 0.710. The summed E-state index contributed by atoms with van der Waals surface area (Å²) in [5.74, 6) is 0.549. The molecule has 1 unspecified atom stereocenters. The minimum absolute atomic E-state index is 0.0210. The third-order valence-corrected chi connectivity index (χ3v) is 4.47. The molecule has 94 valence electrons. The Labute approximate surface area is 111 Å². The lowest BCUT2D eigenvalue weighted by atomic mass is 9.63. The van der Waals surface area contributed by atoms with Crippen LogP contribution in [0, 0.1) is 6.92 Å². The Morgan fingerprint density at radius 1 is 1.26 bits per heavy atom. The summed E-state index contributed by atoms with van der Waals surface area (Å²) in [6.07, 6.45) is 6.85. The molecule has 0 saturated heterocycles. The Kier molecular flexibility index (Phi) is 1.86. The van der Waals surface area contributed by atoms with Crippen molar-refractivity contribution in [2.75, 3.05) is 0 Å². The van der Waals surface area contributed by atoms with Gasteiger partial charge in [0.15, 0.2) is 5.76 Å². The van der Waals surface area contributed by atoms with Crippen LogP contribution in [-0.4, -0.2) is 5.78 Å². The standard InChI is InChI=1S/C17H14O2/c1-10-5-3-7-12-13(10)17(2)8-4-6-11-9-19-16(14(11)17)15(12)18/h3-7,9H,8H2,1-2H3. The van der Waals surface area contributed by atoms with Gasteiger partial charge in [0.1, 0.15) is 0 Å². The Morgan fingerprint density at radius 2 is 2.11 bits per heavy atom. The fraction of sp³-hybridized carbons (Fsp3) is 0.235. The van der Waals surface area contributed by atoms with E-state index in [0.29, 0.717) is 5.76 Å². The summed E-state index contributed by atoms with van der Waals surface area (Å²) in [4.78, 5) is 12.6. The summed E-state index contributed by atoms with van der Waals surface area (Å²) >= 11 is 0. The molecule has 0 radical (unpaired) electrons. The minimum atomic E-state index is -0.138. The zero-order valence-corrected chi connectivity index (χ0v) is 11.0. The molecule has 0 aliphatic heterocycles. The van der Waals surface area contributed by atoms with E-state index in [1.807, 2.05) is 12.1 Å². The average molecular weight is 250 g/mol. The average Bonchev–Trinajstić information content (AvgIpc) is 2.82. The highest BCUT2D eigenvalue weighted by Gasteiger charge is 2.45. The van der Waals surface area contributed by atoms with E-state index < -0.39 is 0 Å². The number of aryl methyl sites for hydroxylation is 1. The number of hydrogen-bond acceptors (Lipinski definition) is 2. The largest absolute Gasteiger partial charge is 0.460 e. The van der Waals surface area contributed by atoms with Gasteiger partial charge < -0.3 is 4.42 Å². The maximum Gasteiger partial charge on any atom is 0.228 e. The van der Waals surface area contributed by atoms with Gasteiger partial charge in [-0.25, -0.2) is 0 Å². The smallest absolute Gasteiger partial charge is 0.228 e. The van der Waals surface area contributed by atoms with Crippen LogP contribution in [0.15, 0.2) is 35.0 Å². The van der Waals surface area contributed by atoms with Gasteiger partial charge >= 0.3 is 0 Å². The van der Waals surface area contributed by atoms with Crippen molar-refractivity contribution >= 4 is 11.9 Å². The molecule has 0 saturated carbocycles. The van der Waals surface area contributed by atoms with Crippen molar-refractivity contribution in [3.8, 4) is 0 Å². The summed E-state index contributed by atoms with van der Waals surface area (Å²) in [6, 6.07) is 5.95. The lowest BCUT2D eigenvalue weighted by Gasteiger charge is -2.37. The number of allylic oxidation sites excluding steroid dienone is 1. The van der Waals surface area contributed by atoms with Crippen LogP contribution in [0.3, 0.4) is 0 Å². The summed E-state index contributed by atoms with van der Waals surface area (Å²) in [5, 5.41) is 0. The minimum Gasteiger partial charge on any atom is -0.460 e. The Balaban J connectivity index is 2.17. The molecule has 0 bridgehead atoms. The van der Waals surface area contributed by atoms with E-state index in [1.165, 1.54) is 11.1 Å². The lowest BCUT2D eigenvalue weighted by Crippen LogP contribution is -2.34. The molecule has 0 N–H and O–H groups in total. The van der Waals surface area contributed by atoms with Crippen LogP contribution in [0.25, 0.3) is 6.08 Å². The number of ketones is 1. The van der Waals surface area contributed by atoms with Crippen molar-refractivity contribution in [2.24, 2.45) is 0 Å². The molecule has 2 heteroatoms. The molecule has 0 fully saturated rings. The van der Waals surface area contributed by atoms with Crippen molar-refractivity contribution < 1.29 is 9.21 Å². The highest BCUT2D eigenvalue weighted by Crippen LogP contribution is 2.49. The van der Waals surface area contributed by atoms with Gasteiger partial charge in [-0.1, -0.05) is 37.3 Å². The van der Waals surface area contributed by atoms with Crippen molar-refractivity contribution in [3.05, 3.63) is 64.1 Å². The van der Waals surface area contributed by atoms with Crippen LogP contribution < -0.4 is 0 Å². The van der Waals surface area contributed by atoms with E-state index in [-0.39, 0.29) is 11.2 Å². The second-order valence-electron chi connectivity index (χ2n) is 5.66. The summed E-state index contributed by atoms with van der Waals surface area (Å²) in [6.45, 7) is 4.30. The first kappa shape index (κ1) is 10.8. The number of carbonyl (C=O) groups excluding carboxylic acids is 1. The number of carbonyl (C=O) groups is 1. The van der Waals surface area contributed by atoms with Crippen LogP contribution in [0.4, 0.5) is 0 Å². The second kappa shape index (κ2) is 3.27. The number of hydrogen-bond donors (Lipinski definition) is 0. The molecule has 19 heavy (non-hydrogen) atoms. The highest BCUT2D eigenvalue weighted by molar-refractivity contribution is 6.12. The maximum absolute atomic E-state index is 12.6. The Bertz CT molecular complexity index is 749. The van der Waals surface area contributed by atoms with Crippen molar-refractivity contribution in [1.82, 2.24) is 0 Å². The molecular weight excluding hydrogens is 236 g/mol. The van der Waals surface area contributed by atoms with Gasteiger partial charge in [-0.05, 0) is 24.5 Å². The van der Waals surface area contributed by atoms with E-state index in [1.54, 1.807) is 6.26 Å². The predicted molar refractivity (Wildman–Crippen MR) is 73.4 cm³/mol. The van der Waals surface area contributed by atoms with Gasteiger partial charge in [0.05, 0.1) is 6.26 Å². The third kappa shape index (κ3) is 1.14. The van der Waals surface area contributed by atoms with Gasteiger partial charge in [0.2, 0.25) is 5.78 Å². The van der Waals surface area contributed by atoms with Gasteiger partial charge in [-0.15, -0.1) is 0 Å². The summed E-state index contributed by atoms with van der Waals surface area (Å²) in [7, 11) is 0. The molecule has 1 aromatic heterocycles. The topological polar surface area (TPSA) is 30.2 Å². The van der Waals surface area contributed by atoms with Gasteiger partial charge in [-0.2, -0.15) is 0 Å². The van der Waals surface area contributed by atoms with Crippen LogP contribution in [0.5, 0.6) is 0 Å². The zero-order chi connectivity index (χ0) is 13.2. The second-order valence-corrected chi connectivity index (χ2v) is 5.66. The van der Waals surface area contributed by atoms with Crippen molar-refractivity contribution in [3.63, 3.8) is 0 Å². The molecule has 1 aromatic carbocycles. The third-order valence-electron chi connectivity index (χ3n) is 4.47. The molecule has 2 nitrogen and oxygen atoms in total. The van der Waals surface area contributed by atoms with Crippen molar-refractivity contribution in [1.29, 1.82) is 0 Å². The normalized spacial score (nSPS) is 23.2. The first-order valence-corrected chi connectivity index (χ1v) is 6.56. The van der Waals surface area contributed by atoms with Gasteiger partial charge in [0, 0.05) is 22.1 Å². The zero-order valence-electron chi connectivity index (χ0n) is 11.0. The SMILES string of the molecule is Cc1cccc2c1C1(C)CC=Cc3coc(c31)C2=O. The van der Waals surface area contributed by atoms with Crippen LogP contribution >= 0.6 is 0 Å². The predicted octanol–water partition coefficient (Wildman–Crippen LogP) is 3.86. The van der Waals surface area contributed by atoms with Gasteiger partial charge in [0.25, 0.3) is 0 Å². The fourth-order valence-corrected chi connectivity index (χ4v) is 3.69. The van der Waals surface area contributed by atoms with Gasteiger partial charge in [-0.3, -0.25) is 4.79 Å². The van der Waals surface area contributed by atoms with Crippen LogP contribution in [0.2, 0.25) is 0 Å². The first-order valence-electron chi connectivity index (χ1n) is 6.56. The maximum atomic E-state index is 12.6. The molecule has 1 atom stereocenters. The van der Waals surface area contributed by atoms with E-state index in [2.05, 4.69) is 32.1 Å². The summed E-state index contributed by atoms with van der Waals surface area (Å²) in [5.41, 5.74) is 5.13. The van der Waals surface area contributed by atoms with Crippen molar-refractivity contribution in [2.45, 2.75) is 25.7 Å². The number of furan rings is 1. The number of rotatable bonds is 0. The summed E-state index contributed by atoms with van der Waals surface area (Å²) < 4.78 is 5.56. The molecular formula is C17H14O2. The molecule has 0 amide bonds. The van der Waals surface area contributed by atoms with Crippen LogP contribution in [0.1, 0.15) is 51.7 Å². The molecule has 2 aliphatic rings. The molecule has 4 rings (SSSR count). The number of benzene rings is 1. The highest BCUT2D eigenvalue weighted by atomic mass is 16.3. The fourth-order valence-electron chi connectivity index (χ4n) is 3.69. The van der Waals surface area contributed by atoms with E-state index in [0.717, 1.165) is 23.1 Å². The van der Waals surface area contributed by atoms with Crippen LogP contribution in [-0.2, 0) is 5.41 Å². The Hall–Kier alpha value is -2.09. The van der Waals surface area contributed by atoms with E-state index in [4.69, 9.17) is 4.42 Å². The Morgan fingerprint density at radius 3 is 2.95 bits per heavy atom. The molecule has 2 aromatic rings. The number of fused-ring (bicyclic) bond motifs is 2.